The summed E-state index contributed by atoms with van der Waals surface area (Å²) in [6.45, 7) is 10.8. The molecule has 9 heteroatoms. The van der Waals surface area contributed by atoms with Crippen LogP contribution in [-0.4, -0.2) is 51.7 Å². The Morgan fingerprint density at radius 3 is 2.52 bits per heavy atom. The van der Waals surface area contributed by atoms with Gasteiger partial charge in [-0.15, -0.1) is 0 Å². The van der Waals surface area contributed by atoms with E-state index < -0.39 is 21.9 Å². The van der Waals surface area contributed by atoms with E-state index in [4.69, 9.17) is 14.2 Å². The molecule has 224 valence electrons. The zero-order valence-electron chi connectivity index (χ0n) is 24.6. The topological polar surface area (TPSA) is 106 Å². The Labute approximate surface area is 240 Å². The molecular weight excluding hydrogens is 528 g/mol. The first-order chi connectivity index (χ1) is 19.1. The van der Waals surface area contributed by atoms with Crippen molar-refractivity contribution in [3.8, 4) is 5.75 Å². The monoisotopic (exact) mass is 576 g/mol. The molecule has 1 aliphatic rings. The molecule has 3 N–H and O–H groups in total. The van der Waals surface area contributed by atoms with Crippen LogP contribution in [0.3, 0.4) is 0 Å². The van der Waals surface area contributed by atoms with Crippen LogP contribution in [0, 0.1) is 0 Å². The molecule has 2 aromatic rings. The highest BCUT2D eigenvalue weighted by Gasteiger charge is 2.27. The molecule has 1 aliphatic heterocycles. The molecule has 0 radical (unpaired) electrons. The summed E-state index contributed by atoms with van der Waals surface area (Å²) in [5, 5.41) is 13.9. The van der Waals surface area contributed by atoms with Gasteiger partial charge in [0.15, 0.2) is 0 Å². The van der Waals surface area contributed by atoms with E-state index >= 15 is 0 Å². The molecule has 0 spiro atoms. The molecule has 0 aromatic heterocycles. The Morgan fingerprint density at radius 2 is 1.75 bits per heavy atom. The van der Waals surface area contributed by atoms with Gasteiger partial charge in [0.2, 0.25) is 15.8 Å². The van der Waals surface area contributed by atoms with E-state index in [1.165, 1.54) is 0 Å². The van der Waals surface area contributed by atoms with Gasteiger partial charge in [0.25, 0.3) is 0 Å². The van der Waals surface area contributed by atoms with Gasteiger partial charge in [-0.1, -0.05) is 31.0 Å². The fraction of sp³-hybridized carbons (Fsp3) is 0.613. The minimum absolute atomic E-state index is 0.131. The molecule has 8 nitrogen and oxygen atoms in total. The zero-order valence-corrected chi connectivity index (χ0v) is 25.4. The molecule has 1 atom stereocenters. The van der Waals surface area contributed by atoms with E-state index in [9.17, 15) is 13.5 Å². The number of sulfonamides is 1. The van der Waals surface area contributed by atoms with Crippen LogP contribution in [0.2, 0.25) is 0 Å². The van der Waals surface area contributed by atoms with Crippen molar-refractivity contribution >= 4 is 10.0 Å². The van der Waals surface area contributed by atoms with Gasteiger partial charge in [0, 0.05) is 45.2 Å². The van der Waals surface area contributed by atoms with Crippen LogP contribution in [0.4, 0.5) is 0 Å². The number of nitrogens with one attached hydrogen (secondary N) is 2. The fourth-order valence-electron chi connectivity index (χ4n) is 4.61. The summed E-state index contributed by atoms with van der Waals surface area (Å²) in [6.07, 6.45) is 6.55. The molecule has 2 aromatic carbocycles. The van der Waals surface area contributed by atoms with Crippen LogP contribution in [-0.2, 0) is 32.5 Å². The first-order valence-electron chi connectivity index (χ1n) is 14.6. The normalized spacial score (nSPS) is 15.6. The van der Waals surface area contributed by atoms with Crippen molar-refractivity contribution in [1.82, 2.24) is 10.0 Å². The van der Waals surface area contributed by atoms with E-state index in [-0.39, 0.29) is 6.04 Å². The third kappa shape index (κ3) is 11.1. The van der Waals surface area contributed by atoms with Gasteiger partial charge in [-0.25, -0.2) is 13.1 Å². The molecule has 0 unspecified atom stereocenters. The van der Waals surface area contributed by atoms with Gasteiger partial charge >= 0.3 is 0 Å². The van der Waals surface area contributed by atoms with Crippen molar-refractivity contribution < 1.29 is 27.7 Å². The number of hydrogen-bond donors (Lipinski definition) is 3. The summed E-state index contributed by atoms with van der Waals surface area (Å²) < 4.78 is 44.6. The fourth-order valence-corrected chi connectivity index (χ4v) is 5.93. The van der Waals surface area contributed by atoms with Crippen LogP contribution in [0.5, 0.6) is 5.75 Å². The summed E-state index contributed by atoms with van der Waals surface area (Å²) in [7, 11) is -3.46. The second kappa shape index (κ2) is 15.8. The highest BCUT2D eigenvalue weighted by molar-refractivity contribution is 7.89. The lowest BCUT2D eigenvalue weighted by molar-refractivity contribution is -0.180. The molecule has 1 heterocycles. The molecule has 3 rings (SSSR count). The Bertz CT molecular complexity index is 1150. The number of rotatable bonds is 18. The number of aryl methyl sites for hydroxylation is 1. The van der Waals surface area contributed by atoms with Crippen molar-refractivity contribution in [3.05, 3.63) is 59.2 Å². The van der Waals surface area contributed by atoms with E-state index in [0.717, 1.165) is 87.1 Å². The Balaban J connectivity index is 1.17. The average Bonchev–Trinajstić information content (AvgIpc) is 2.90. The van der Waals surface area contributed by atoms with Crippen molar-refractivity contribution in [1.29, 1.82) is 0 Å². The molecular formula is C31H48N2O6S. The molecule has 0 aliphatic carbocycles. The first kappa shape index (κ1) is 32.5. The molecule has 0 saturated carbocycles. The minimum atomic E-state index is -3.46. The third-order valence-corrected chi connectivity index (χ3v) is 8.39. The van der Waals surface area contributed by atoms with Gasteiger partial charge in [-0.3, -0.25) is 0 Å². The van der Waals surface area contributed by atoms with Crippen LogP contribution in [0.1, 0.15) is 89.0 Å². The molecule has 0 bridgehead atoms. The van der Waals surface area contributed by atoms with Gasteiger partial charge < -0.3 is 24.6 Å². The lowest BCUT2D eigenvalue weighted by atomic mass is 10.0. The second-order valence-corrected chi connectivity index (χ2v) is 13.0. The third-order valence-electron chi connectivity index (χ3n) is 6.73. The lowest BCUT2D eigenvalue weighted by Gasteiger charge is -2.33. The Hall–Kier alpha value is -2.01. The number of hydrogen-bond acceptors (Lipinski definition) is 7. The maximum Gasteiger partial charge on any atom is 0.240 e. The molecule has 0 amide bonds. The zero-order chi connectivity index (χ0) is 29.0. The Morgan fingerprint density at radius 1 is 1.00 bits per heavy atom. The highest BCUT2D eigenvalue weighted by atomic mass is 32.2. The van der Waals surface area contributed by atoms with Crippen molar-refractivity contribution in [2.45, 2.75) is 102 Å². The average molecular weight is 577 g/mol. The van der Waals surface area contributed by atoms with E-state index in [0.29, 0.717) is 18.0 Å². The lowest BCUT2D eigenvalue weighted by Crippen LogP contribution is -2.35. The van der Waals surface area contributed by atoms with Gasteiger partial charge in [-0.05, 0) is 87.9 Å². The number of benzene rings is 2. The highest BCUT2D eigenvalue weighted by Crippen LogP contribution is 2.32. The number of ether oxygens (including phenoxy) is 3. The maximum atomic E-state index is 12.4. The number of fused-ring (bicyclic) bond motifs is 1. The predicted octanol–water partition coefficient (Wildman–Crippen LogP) is 5.24. The van der Waals surface area contributed by atoms with Crippen molar-refractivity contribution in [2.24, 2.45) is 0 Å². The van der Waals surface area contributed by atoms with Gasteiger partial charge in [-0.2, -0.15) is 0 Å². The maximum absolute atomic E-state index is 12.4. The van der Waals surface area contributed by atoms with Crippen LogP contribution < -0.4 is 14.8 Å². The summed E-state index contributed by atoms with van der Waals surface area (Å²) >= 11 is 0. The molecule has 0 saturated heterocycles. The Kier molecular flexibility index (Phi) is 12.9. The first-order valence-corrected chi connectivity index (χ1v) is 16.1. The molecule has 0 fully saturated rings. The summed E-state index contributed by atoms with van der Waals surface area (Å²) in [5.74, 6) is 0.204. The summed E-state index contributed by atoms with van der Waals surface area (Å²) in [5.41, 5.74) is 2.87. The van der Waals surface area contributed by atoms with E-state index in [1.54, 1.807) is 18.2 Å². The second-order valence-electron chi connectivity index (χ2n) is 11.3. The van der Waals surface area contributed by atoms with Crippen molar-refractivity contribution in [3.63, 3.8) is 0 Å². The van der Waals surface area contributed by atoms with Gasteiger partial charge in [0.05, 0.1) is 17.6 Å². The molecule has 40 heavy (non-hydrogen) atoms. The van der Waals surface area contributed by atoms with E-state index in [2.05, 4.69) is 10.0 Å². The number of aliphatic hydroxyl groups excluding tert-OH is 1. The van der Waals surface area contributed by atoms with Crippen LogP contribution in [0.15, 0.2) is 47.4 Å². The van der Waals surface area contributed by atoms with E-state index in [1.807, 2.05) is 52.0 Å². The van der Waals surface area contributed by atoms with Gasteiger partial charge in [0.1, 0.15) is 5.75 Å². The van der Waals surface area contributed by atoms with Crippen molar-refractivity contribution in [2.75, 3.05) is 26.3 Å². The van der Waals surface area contributed by atoms with Crippen LogP contribution in [0.25, 0.3) is 0 Å². The standard InChI is InChI=1S/C31H48N2O6S/c1-24(2)33-40(35,36)28-14-11-13-25(20-28)12-7-10-19-37-18-9-6-5-8-17-32-22-29(34)26-15-16-30-27(21-26)23-38-31(3,4)39-30/h11,13-16,20-21,24,29,32-34H,5-10,12,17-19,22-23H2,1-4H3/t29-/m0/s1. The smallest absolute Gasteiger partial charge is 0.240 e. The number of unbranched alkanes of at least 4 members (excludes halogenated alkanes) is 4. The largest absolute Gasteiger partial charge is 0.463 e. The summed E-state index contributed by atoms with van der Waals surface area (Å²) in [6, 6.07) is 12.9. The number of aliphatic hydroxyl groups is 1. The minimum Gasteiger partial charge on any atom is -0.463 e. The predicted molar refractivity (Wildman–Crippen MR) is 158 cm³/mol. The quantitative estimate of drug-likeness (QED) is 0.208. The summed E-state index contributed by atoms with van der Waals surface area (Å²) in [4.78, 5) is 0.325. The SMILES string of the molecule is CC(C)NS(=O)(=O)c1cccc(CCCCOCCCCCCNC[C@H](O)c2ccc3c(c2)COC(C)(C)O3)c1. The van der Waals surface area contributed by atoms with Crippen LogP contribution >= 0.6 is 0 Å².